The number of hydrogen-bond acceptors (Lipinski definition) is 5. The average molecular weight is 484 g/mol. The molecule has 1 fully saturated rings. The zero-order chi connectivity index (χ0) is 19.1. The van der Waals surface area contributed by atoms with Crippen molar-refractivity contribution in [2.75, 3.05) is 43.4 Å². The van der Waals surface area contributed by atoms with Crippen LogP contribution in [0, 0.1) is 3.57 Å². The van der Waals surface area contributed by atoms with Crippen LogP contribution in [0.2, 0.25) is 0 Å². The number of nitrogens with zero attached hydrogens (tertiary/aromatic N) is 4. The van der Waals surface area contributed by atoms with Crippen molar-refractivity contribution in [3.63, 3.8) is 0 Å². The lowest BCUT2D eigenvalue weighted by molar-refractivity contribution is 0.313. The molecule has 3 heterocycles. The number of nitrogens with one attached hydrogen (secondary N) is 2. The SMILES string of the molecule is CN1CCN(c2ccc(Nc3nc4ccc(I)cc4c4cn[nH]c34)cc2)CC1. The number of hydrogen-bond donors (Lipinski definition) is 2. The largest absolute Gasteiger partial charge is 0.369 e. The molecule has 1 aliphatic heterocycles. The van der Waals surface area contributed by atoms with Crippen LogP contribution in [0.1, 0.15) is 0 Å². The van der Waals surface area contributed by atoms with E-state index in [1.54, 1.807) is 0 Å². The van der Waals surface area contributed by atoms with Gasteiger partial charge in [0.15, 0.2) is 5.82 Å². The van der Waals surface area contributed by atoms with Crippen LogP contribution in [0.15, 0.2) is 48.7 Å². The van der Waals surface area contributed by atoms with Gasteiger partial charge in [0.1, 0.15) is 5.52 Å². The topological polar surface area (TPSA) is 60.1 Å². The fourth-order valence-corrected chi connectivity index (χ4v) is 4.21. The van der Waals surface area contributed by atoms with Gasteiger partial charge < -0.3 is 15.1 Å². The molecule has 0 spiro atoms. The summed E-state index contributed by atoms with van der Waals surface area (Å²) in [7, 11) is 2.18. The van der Waals surface area contributed by atoms with Gasteiger partial charge in [-0.2, -0.15) is 5.10 Å². The molecule has 4 aromatic rings. The Morgan fingerprint density at radius 3 is 2.57 bits per heavy atom. The molecule has 2 N–H and O–H groups in total. The monoisotopic (exact) mass is 484 g/mol. The van der Waals surface area contributed by atoms with Crippen LogP contribution in [0.5, 0.6) is 0 Å². The molecule has 0 bridgehead atoms. The van der Waals surface area contributed by atoms with E-state index in [9.17, 15) is 0 Å². The lowest BCUT2D eigenvalue weighted by Crippen LogP contribution is -2.44. The van der Waals surface area contributed by atoms with E-state index in [0.29, 0.717) is 0 Å². The highest BCUT2D eigenvalue weighted by Gasteiger charge is 2.15. The molecule has 142 valence electrons. The van der Waals surface area contributed by atoms with E-state index in [2.05, 4.69) is 97.4 Å². The van der Waals surface area contributed by atoms with Gasteiger partial charge in [0, 0.05) is 51.9 Å². The number of H-pyrrole nitrogens is 1. The smallest absolute Gasteiger partial charge is 0.157 e. The second-order valence-corrected chi connectivity index (χ2v) is 8.49. The maximum atomic E-state index is 4.83. The van der Waals surface area contributed by atoms with Gasteiger partial charge in [-0.1, -0.05) is 0 Å². The number of piperazine rings is 1. The number of anilines is 3. The fourth-order valence-electron chi connectivity index (χ4n) is 3.72. The Kier molecular flexibility index (Phi) is 4.56. The number of likely N-dealkylation sites (N-methyl/N-ethyl adjacent to an activating group) is 1. The number of aromatic nitrogens is 3. The minimum atomic E-state index is 0.800. The van der Waals surface area contributed by atoms with Gasteiger partial charge in [-0.15, -0.1) is 0 Å². The lowest BCUT2D eigenvalue weighted by Gasteiger charge is -2.34. The minimum absolute atomic E-state index is 0.800. The van der Waals surface area contributed by atoms with Crippen molar-refractivity contribution >= 4 is 61.6 Å². The highest BCUT2D eigenvalue weighted by molar-refractivity contribution is 14.1. The van der Waals surface area contributed by atoms with Crippen molar-refractivity contribution in [3.8, 4) is 0 Å². The molecule has 0 aliphatic carbocycles. The number of aromatic amines is 1. The zero-order valence-electron chi connectivity index (χ0n) is 15.6. The van der Waals surface area contributed by atoms with E-state index in [1.165, 1.54) is 9.26 Å². The molecular weight excluding hydrogens is 463 g/mol. The van der Waals surface area contributed by atoms with E-state index in [-0.39, 0.29) is 0 Å². The van der Waals surface area contributed by atoms with Crippen LogP contribution in [0.25, 0.3) is 21.8 Å². The number of halogens is 1. The first-order chi connectivity index (χ1) is 13.7. The second kappa shape index (κ2) is 7.21. The summed E-state index contributed by atoms with van der Waals surface area (Å²) in [6.45, 7) is 4.36. The lowest BCUT2D eigenvalue weighted by atomic mass is 10.1. The molecule has 6 nitrogen and oxygen atoms in total. The number of rotatable bonds is 3. The minimum Gasteiger partial charge on any atom is -0.369 e. The quantitative estimate of drug-likeness (QED) is 0.427. The Morgan fingerprint density at radius 1 is 1.00 bits per heavy atom. The second-order valence-electron chi connectivity index (χ2n) is 7.24. The standard InChI is InChI=1S/C21H21IN6/c1-27-8-10-28(11-9-27)16-5-3-15(4-6-16)24-21-20-18(13-23-26-20)17-12-14(22)2-7-19(17)25-21/h2-7,12-13H,8-11H2,1H3,(H,23,26)(H,24,25). The van der Waals surface area contributed by atoms with Crippen molar-refractivity contribution in [2.45, 2.75) is 0 Å². The third kappa shape index (κ3) is 3.29. The summed E-state index contributed by atoms with van der Waals surface area (Å²) in [6, 6.07) is 14.9. The Hall–Kier alpha value is -2.39. The maximum Gasteiger partial charge on any atom is 0.157 e. The van der Waals surface area contributed by atoms with E-state index in [1.807, 2.05) is 6.20 Å². The summed E-state index contributed by atoms with van der Waals surface area (Å²) in [6.07, 6.45) is 1.87. The van der Waals surface area contributed by atoms with Gasteiger partial charge in [0.2, 0.25) is 0 Å². The summed E-state index contributed by atoms with van der Waals surface area (Å²) < 4.78 is 1.19. The fraction of sp³-hybridized carbons (Fsp3) is 0.238. The van der Waals surface area contributed by atoms with Gasteiger partial charge in [-0.25, -0.2) is 4.98 Å². The molecule has 0 atom stereocenters. The Labute approximate surface area is 177 Å². The normalized spacial score (nSPS) is 15.4. The third-order valence-electron chi connectivity index (χ3n) is 5.36. The number of benzene rings is 2. The molecule has 0 saturated carbocycles. The van der Waals surface area contributed by atoms with Crippen LogP contribution in [0.4, 0.5) is 17.2 Å². The molecule has 5 rings (SSSR count). The molecule has 2 aromatic heterocycles. The van der Waals surface area contributed by atoms with Crippen molar-refractivity contribution in [2.24, 2.45) is 0 Å². The van der Waals surface area contributed by atoms with Crippen LogP contribution in [-0.4, -0.2) is 53.3 Å². The zero-order valence-corrected chi connectivity index (χ0v) is 17.8. The van der Waals surface area contributed by atoms with Crippen LogP contribution in [0.3, 0.4) is 0 Å². The van der Waals surface area contributed by atoms with Gasteiger partial charge >= 0.3 is 0 Å². The van der Waals surface area contributed by atoms with Gasteiger partial charge in [0.25, 0.3) is 0 Å². The summed E-state index contributed by atoms with van der Waals surface area (Å²) in [5, 5.41) is 13.0. The van der Waals surface area contributed by atoms with Crippen molar-refractivity contribution in [1.82, 2.24) is 20.1 Å². The molecule has 28 heavy (non-hydrogen) atoms. The highest BCUT2D eigenvalue weighted by Crippen LogP contribution is 2.31. The summed E-state index contributed by atoms with van der Waals surface area (Å²) >= 11 is 2.33. The van der Waals surface area contributed by atoms with E-state index in [0.717, 1.165) is 59.5 Å². The van der Waals surface area contributed by atoms with Crippen LogP contribution < -0.4 is 10.2 Å². The molecule has 1 aliphatic rings. The van der Waals surface area contributed by atoms with Crippen molar-refractivity contribution in [3.05, 3.63) is 52.2 Å². The molecule has 7 heteroatoms. The molecule has 0 radical (unpaired) electrons. The maximum absolute atomic E-state index is 4.83. The first-order valence-electron chi connectivity index (χ1n) is 9.40. The van der Waals surface area contributed by atoms with Gasteiger partial charge in [-0.05, 0) is 72.1 Å². The summed E-state index contributed by atoms with van der Waals surface area (Å²) in [4.78, 5) is 9.64. The molecule has 2 aromatic carbocycles. The third-order valence-corrected chi connectivity index (χ3v) is 6.03. The molecular formula is C21H21IN6. The average Bonchev–Trinajstić information content (AvgIpc) is 3.20. The van der Waals surface area contributed by atoms with E-state index >= 15 is 0 Å². The van der Waals surface area contributed by atoms with E-state index < -0.39 is 0 Å². The number of fused-ring (bicyclic) bond motifs is 3. The van der Waals surface area contributed by atoms with E-state index in [4.69, 9.17) is 4.98 Å². The number of pyridine rings is 1. The summed E-state index contributed by atoms with van der Waals surface area (Å²) in [5.41, 5.74) is 4.18. The molecule has 0 amide bonds. The van der Waals surface area contributed by atoms with Crippen LogP contribution in [-0.2, 0) is 0 Å². The Bertz CT molecular complexity index is 1130. The summed E-state index contributed by atoms with van der Waals surface area (Å²) in [5.74, 6) is 0.800. The van der Waals surface area contributed by atoms with Crippen LogP contribution >= 0.6 is 22.6 Å². The molecule has 1 saturated heterocycles. The Balaban J connectivity index is 1.45. The predicted octanol–water partition coefficient (Wildman–Crippen LogP) is 4.21. The first kappa shape index (κ1) is 17.7. The van der Waals surface area contributed by atoms with Gasteiger partial charge in [-0.3, -0.25) is 5.10 Å². The Morgan fingerprint density at radius 2 is 1.79 bits per heavy atom. The molecule has 0 unspecified atom stereocenters. The van der Waals surface area contributed by atoms with Crippen molar-refractivity contribution < 1.29 is 0 Å². The highest BCUT2D eigenvalue weighted by atomic mass is 127. The predicted molar refractivity (Wildman–Crippen MR) is 124 cm³/mol. The first-order valence-corrected chi connectivity index (χ1v) is 10.5. The van der Waals surface area contributed by atoms with Crippen molar-refractivity contribution in [1.29, 1.82) is 0 Å². The van der Waals surface area contributed by atoms with Gasteiger partial charge in [0.05, 0.1) is 11.7 Å².